The van der Waals surface area contributed by atoms with Crippen LogP contribution >= 0.6 is 0 Å². The summed E-state index contributed by atoms with van der Waals surface area (Å²) in [5.41, 5.74) is -0.360. The molecule has 0 aliphatic heterocycles. The minimum Gasteiger partial charge on any atom is -0.390 e. The maximum Gasteiger partial charge on any atom is 0.0629 e. The van der Waals surface area contributed by atoms with Crippen molar-refractivity contribution in [1.82, 2.24) is 0 Å². The summed E-state index contributed by atoms with van der Waals surface area (Å²) in [6, 6.07) is 0. The standard InChI is InChI=1S/C31H62O2/c1-24(2)13-11-14-25(3)15-12-16-26-17-18-27(28(21-26)22-29(4,5)6)23-31(9,10)33-20-19-30(7,8)32/h24-28,32H,11-23H2,1-10H3. The Hall–Kier alpha value is -0.0800. The molecule has 0 aromatic carbocycles. The smallest absolute Gasteiger partial charge is 0.0629 e. The van der Waals surface area contributed by atoms with Gasteiger partial charge in [0.25, 0.3) is 0 Å². The maximum atomic E-state index is 10.0. The van der Waals surface area contributed by atoms with E-state index in [-0.39, 0.29) is 5.60 Å². The van der Waals surface area contributed by atoms with Gasteiger partial charge in [-0.3, -0.25) is 0 Å². The zero-order valence-corrected chi connectivity index (χ0v) is 24.4. The fourth-order valence-corrected chi connectivity index (χ4v) is 6.03. The third-order valence-corrected chi connectivity index (χ3v) is 7.87. The molecule has 0 amide bonds. The second-order valence-corrected chi connectivity index (χ2v) is 14.7. The van der Waals surface area contributed by atoms with Crippen LogP contribution in [-0.2, 0) is 4.74 Å². The number of aliphatic hydroxyl groups is 1. The molecule has 0 spiro atoms. The fourth-order valence-electron chi connectivity index (χ4n) is 6.03. The highest BCUT2D eigenvalue weighted by Gasteiger charge is 2.36. The first-order valence-electron chi connectivity index (χ1n) is 14.4. The van der Waals surface area contributed by atoms with Crippen LogP contribution < -0.4 is 0 Å². The molecule has 1 N–H and O–H groups in total. The largest absolute Gasteiger partial charge is 0.390 e. The summed E-state index contributed by atoms with van der Waals surface area (Å²) >= 11 is 0. The van der Waals surface area contributed by atoms with Crippen LogP contribution in [-0.4, -0.2) is 22.9 Å². The Morgan fingerprint density at radius 1 is 0.818 bits per heavy atom. The lowest BCUT2D eigenvalue weighted by Crippen LogP contribution is -2.36. The molecule has 0 aromatic rings. The summed E-state index contributed by atoms with van der Waals surface area (Å²) in [5, 5.41) is 10.0. The van der Waals surface area contributed by atoms with Crippen molar-refractivity contribution in [3.05, 3.63) is 0 Å². The van der Waals surface area contributed by atoms with E-state index in [9.17, 15) is 5.11 Å². The lowest BCUT2D eigenvalue weighted by Gasteiger charge is -2.42. The zero-order valence-electron chi connectivity index (χ0n) is 24.4. The number of ether oxygens (including phenoxy) is 1. The van der Waals surface area contributed by atoms with Gasteiger partial charge in [-0.05, 0) is 94.8 Å². The van der Waals surface area contributed by atoms with E-state index in [0.717, 1.165) is 36.0 Å². The molecule has 2 nitrogen and oxygen atoms in total. The molecule has 4 atom stereocenters. The predicted molar refractivity (Wildman–Crippen MR) is 146 cm³/mol. The van der Waals surface area contributed by atoms with Gasteiger partial charge in [-0.1, -0.05) is 86.5 Å². The van der Waals surface area contributed by atoms with Crippen molar-refractivity contribution in [3.63, 3.8) is 0 Å². The van der Waals surface area contributed by atoms with Crippen molar-refractivity contribution >= 4 is 0 Å². The number of rotatable bonds is 15. The third-order valence-electron chi connectivity index (χ3n) is 7.87. The summed E-state index contributed by atoms with van der Waals surface area (Å²) in [5.74, 6) is 4.27. The van der Waals surface area contributed by atoms with Crippen molar-refractivity contribution in [2.75, 3.05) is 6.61 Å². The van der Waals surface area contributed by atoms with E-state index in [4.69, 9.17) is 4.74 Å². The van der Waals surface area contributed by atoms with Crippen LogP contribution in [0.25, 0.3) is 0 Å². The van der Waals surface area contributed by atoms with E-state index >= 15 is 0 Å². The number of hydrogen-bond donors (Lipinski definition) is 1. The molecule has 33 heavy (non-hydrogen) atoms. The molecule has 1 aliphatic rings. The molecule has 1 saturated carbocycles. The van der Waals surface area contributed by atoms with Crippen LogP contribution in [0, 0.1) is 35.0 Å². The first kappa shape index (κ1) is 31.0. The van der Waals surface area contributed by atoms with E-state index < -0.39 is 5.60 Å². The Labute approximate surface area is 209 Å². The van der Waals surface area contributed by atoms with Gasteiger partial charge < -0.3 is 9.84 Å². The van der Waals surface area contributed by atoms with Gasteiger partial charge in [-0.25, -0.2) is 0 Å². The van der Waals surface area contributed by atoms with Crippen LogP contribution in [0.4, 0.5) is 0 Å². The Bertz CT molecular complexity index is 508. The Kier molecular flexibility index (Phi) is 13.0. The first-order chi connectivity index (χ1) is 15.1. The van der Waals surface area contributed by atoms with Gasteiger partial charge in [0.2, 0.25) is 0 Å². The van der Waals surface area contributed by atoms with E-state index in [0.29, 0.717) is 18.4 Å². The van der Waals surface area contributed by atoms with Crippen LogP contribution in [0.3, 0.4) is 0 Å². The first-order valence-corrected chi connectivity index (χ1v) is 14.4. The van der Waals surface area contributed by atoms with Gasteiger partial charge in [0.15, 0.2) is 0 Å². The van der Waals surface area contributed by atoms with Gasteiger partial charge in [-0.15, -0.1) is 0 Å². The topological polar surface area (TPSA) is 29.5 Å². The quantitative estimate of drug-likeness (QED) is 0.260. The molecule has 0 bridgehead atoms. The van der Waals surface area contributed by atoms with Gasteiger partial charge >= 0.3 is 0 Å². The third kappa shape index (κ3) is 15.5. The van der Waals surface area contributed by atoms with Crippen molar-refractivity contribution in [2.45, 2.75) is 157 Å². The van der Waals surface area contributed by atoms with E-state index in [1.165, 1.54) is 64.2 Å². The van der Waals surface area contributed by atoms with Crippen molar-refractivity contribution in [3.8, 4) is 0 Å². The van der Waals surface area contributed by atoms with Gasteiger partial charge in [0.1, 0.15) is 0 Å². The molecule has 0 aromatic heterocycles. The summed E-state index contributed by atoms with van der Waals surface area (Å²) in [7, 11) is 0. The molecule has 1 aliphatic carbocycles. The van der Waals surface area contributed by atoms with E-state index in [1.807, 2.05) is 13.8 Å². The number of hydrogen-bond acceptors (Lipinski definition) is 2. The van der Waals surface area contributed by atoms with Crippen molar-refractivity contribution in [2.24, 2.45) is 35.0 Å². The zero-order chi connectivity index (χ0) is 25.3. The average Bonchev–Trinajstić information content (AvgIpc) is 2.60. The normalized spacial score (nSPS) is 23.8. The Morgan fingerprint density at radius 2 is 1.45 bits per heavy atom. The van der Waals surface area contributed by atoms with Gasteiger partial charge in [-0.2, -0.15) is 0 Å². The fraction of sp³-hybridized carbons (Fsp3) is 1.00. The van der Waals surface area contributed by atoms with Crippen LogP contribution in [0.5, 0.6) is 0 Å². The van der Waals surface area contributed by atoms with Crippen LogP contribution in [0.15, 0.2) is 0 Å². The predicted octanol–water partition coefficient (Wildman–Crippen LogP) is 9.43. The lowest BCUT2D eigenvalue weighted by atomic mass is 9.65. The molecule has 1 fully saturated rings. The second-order valence-electron chi connectivity index (χ2n) is 14.7. The highest BCUT2D eigenvalue weighted by Crippen LogP contribution is 2.45. The minimum atomic E-state index is -0.644. The van der Waals surface area contributed by atoms with Crippen molar-refractivity contribution in [1.29, 1.82) is 0 Å². The maximum absolute atomic E-state index is 10.0. The Morgan fingerprint density at radius 3 is 2.03 bits per heavy atom. The van der Waals surface area contributed by atoms with Crippen molar-refractivity contribution < 1.29 is 9.84 Å². The highest BCUT2D eigenvalue weighted by atomic mass is 16.5. The van der Waals surface area contributed by atoms with E-state index in [1.54, 1.807) is 0 Å². The summed E-state index contributed by atoms with van der Waals surface area (Å²) < 4.78 is 6.29. The van der Waals surface area contributed by atoms with Gasteiger partial charge in [0.05, 0.1) is 17.8 Å². The SMILES string of the molecule is CC(C)CCCC(C)CCCC1CCC(CC(C)(C)OCCC(C)(C)O)C(CC(C)(C)C)C1. The second kappa shape index (κ2) is 13.9. The van der Waals surface area contributed by atoms with Crippen LogP contribution in [0.1, 0.15) is 146 Å². The van der Waals surface area contributed by atoms with E-state index in [2.05, 4.69) is 55.4 Å². The summed E-state index contributed by atoms with van der Waals surface area (Å²) in [6.45, 7) is 23.3. The molecular weight excluding hydrogens is 404 g/mol. The van der Waals surface area contributed by atoms with Gasteiger partial charge in [0, 0.05) is 0 Å². The molecule has 4 unspecified atom stereocenters. The molecular formula is C31H62O2. The summed E-state index contributed by atoms with van der Waals surface area (Å²) in [6.07, 6.45) is 15.9. The molecule has 0 heterocycles. The highest BCUT2D eigenvalue weighted by molar-refractivity contribution is 4.87. The average molecular weight is 467 g/mol. The molecule has 0 radical (unpaired) electrons. The molecule has 198 valence electrons. The van der Waals surface area contributed by atoms with Crippen LogP contribution in [0.2, 0.25) is 0 Å². The Balaban J connectivity index is 2.54. The monoisotopic (exact) mass is 466 g/mol. The molecule has 2 heteroatoms. The summed E-state index contributed by atoms with van der Waals surface area (Å²) in [4.78, 5) is 0. The minimum absolute atomic E-state index is 0.107. The lowest BCUT2D eigenvalue weighted by molar-refractivity contribution is -0.0678. The molecule has 1 rings (SSSR count). The molecule has 0 saturated heterocycles.